The van der Waals surface area contributed by atoms with Crippen LogP contribution in [-0.2, 0) is 0 Å². The van der Waals surface area contributed by atoms with Gasteiger partial charge in [0.05, 0.1) is 10.2 Å². The zero-order chi connectivity index (χ0) is 13.9. The van der Waals surface area contributed by atoms with Crippen molar-refractivity contribution in [2.45, 2.75) is 19.8 Å². The number of hydrogen-bond acceptors (Lipinski definition) is 4. The molecule has 1 fully saturated rings. The molecular weight excluding hydrogens is 273 g/mol. The van der Waals surface area contributed by atoms with Gasteiger partial charge in [-0.3, -0.25) is 0 Å². The Morgan fingerprint density at radius 3 is 3.00 bits per heavy atom. The Morgan fingerprint density at radius 2 is 2.20 bits per heavy atom. The van der Waals surface area contributed by atoms with Gasteiger partial charge in [0.2, 0.25) is 0 Å². The number of nitrogens with zero attached hydrogens (tertiary/aromatic N) is 2. The van der Waals surface area contributed by atoms with Crippen molar-refractivity contribution >= 4 is 26.7 Å². The second-order valence-corrected chi connectivity index (χ2v) is 6.66. The summed E-state index contributed by atoms with van der Waals surface area (Å²) < 4.78 is 14.0. The van der Waals surface area contributed by atoms with E-state index in [2.05, 4.69) is 22.1 Å². The molecule has 1 aliphatic heterocycles. The molecule has 2 heterocycles. The Labute approximate surface area is 122 Å². The molecule has 1 aromatic carbocycles. The van der Waals surface area contributed by atoms with Gasteiger partial charge < -0.3 is 10.2 Å². The van der Waals surface area contributed by atoms with Gasteiger partial charge in [-0.1, -0.05) is 18.3 Å². The predicted octanol–water partition coefficient (Wildman–Crippen LogP) is 3.58. The minimum Gasteiger partial charge on any atom is -0.361 e. The molecule has 0 bridgehead atoms. The number of anilines is 1. The van der Waals surface area contributed by atoms with E-state index in [0.29, 0.717) is 5.92 Å². The number of thiazole rings is 1. The standard InChI is InChI=1S/C15H20FN3S/c1-11(10-19-6-2-3-7-19)9-17-15-18-13-5-4-12(16)8-14(13)20-15/h4-5,8,11H,2-3,6-7,9-10H2,1H3,(H,17,18). The summed E-state index contributed by atoms with van der Waals surface area (Å²) in [6.45, 7) is 6.80. The van der Waals surface area contributed by atoms with Crippen LogP contribution >= 0.6 is 11.3 Å². The van der Waals surface area contributed by atoms with Crippen molar-refractivity contribution in [3.63, 3.8) is 0 Å². The lowest BCUT2D eigenvalue weighted by Gasteiger charge is -2.20. The second-order valence-electron chi connectivity index (χ2n) is 5.62. The van der Waals surface area contributed by atoms with Gasteiger partial charge in [-0.25, -0.2) is 9.37 Å². The molecule has 2 aromatic rings. The predicted molar refractivity (Wildman–Crippen MR) is 82.9 cm³/mol. The Balaban J connectivity index is 1.56. The van der Waals surface area contributed by atoms with Crippen molar-refractivity contribution in [3.8, 4) is 0 Å². The molecule has 3 nitrogen and oxygen atoms in total. The van der Waals surface area contributed by atoms with Crippen LogP contribution < -0.4 is 5.32 Å². The molecule has 0 saturated carbocycles. The fourth-order valence-corrected chi connectivity index (χ4v) is 3.60. The normalized spacial score (nSPS) is 17.7. The fraction of sp³-hybridized carbons (Fsp3) is 0.533. The molecule has 1 saturated heterocycles. The van der Waals surface area contributed by atoms with Crippen molar-refractivity contribution < 1.29 is 4.39 Å². The van der Waals surface area contributed by atoms with E-state index in [1.54, 1.807) is 12.1 Å². The summed E-state index contributed by atoms with van der Waals surface area (Å²) >= 11 is 1.52. The topological polar surface area (TPSA) is 28.2 Å². The van der Waals surface area contributed by atoms with Crippen LogP contribution in [0.15, 0.2) is 18.2 Å². The molecular formula is C15H20FN3S. The molecule has 1 atom stereocenters. The summed E-state index contributed by atoms with van der Waals surface area (Å²) in [5.41, 5.74) is 0.867. The van der Waals surface area contributed by atoms with E-state index in [9.17, 15) is 4.39 Å². The SMILES string of the molecule is CC(CNc1nc2ccc(F)cc2s1)CN1CCCC1. The third-order valence-electron chi connectivity index (χ3n) is 3.72. The molecule has 3 rings (SSSR count). The van der Waals surface area contributed by atoms with Gasteiger partial charge in [-0.15, -0.1) is 0 Å². The summed E-state index contributed by atoms with van der Waals surface area (Å²) in [5, 5.41) is 4.27. The van der Waals surface area contributed by atoms with Crippen molar-refractivity contribution in [1.82, 2.24) is 9.88 Å². The van der Waals surface area contributed by atoms with E-state index in [-0.39, 0.29) is 5.82 Å². The van der Waals surface area contributed by atoms with Crippen LogP contribution in [-0.4, -0.2) is 36.1 Å². The average Bonchev–Trinajstić information content (AvgIpc) is 3.04. The van der Waals surface area contributed by atoms with Crippen LogP contribution in [0.25, 0.3) is 10.2 Å². The maximum atomic E-state index is 13.1. The van der Waals surface area contributed by atoms with Crippen LogP contribution in [0.5, 0.6) is 0 Å². The molecule has 1 unspecified atom stereocenters. The lowest BCUT2D eigenvalue weighted by molar-refractivity contribution is 0.294. The largest absolute Gasteiger partial charge is 0.361 e. The van der Waals surface area contributed by atoms with Gasteiger partial charge in [-0.05, 0) is 50.0 Å². The molecule has 0 radical (unpaired) electrons. The lowest BCUT2D eigenvalue weighted by atomic mass is 10.2. The summed E-state index contributed by atoms with van der Waals surface area (Å²) in [5.74, 6) is 0.395. The first-order chi connectivity index (χ1) is 9.70. The lowest BCUT2D eigenvalue weighted by Crippen LogP contribution is -2.28. The minimum atomic E-state index is -0.199. The Kier molecular flexibility index (Phi) is 4.17. The van der Waals surface area contributed by atoms with Crippen LogP contribution in [0.1, 0.15) is 19.8 Å². The van der Waals surface area contributed by atoms with E-state index in [0.717, 1.165) is 28.4 Å². The molecule has 5 heteroatoms. The molecule has 20 heavy (non-hydrogen) atoms. The molecule has 1 aliphatic rings. The van der Waals surface area contributed by atoms with E-state index < -0.39 is 0 Å². The Bertz CT molecular complexity index is 578. The maximum absolute atomic E-state index is 13.1. The van der Waals surface area contributed by atoms with Crippen LogP contribution in [0.3, 0.4) is 0 Å². The minimum absolute atomic E-state index is 0.199. The number of fused-ring (bicyclic) bond motifs is 1. The zero-order valence-corrected chi connectivity index (χ0v) is 12.5. The highest BCUT2D eigenvalue weighted by molar-refractivity contribution is 7.22. The Hall–Kier alpha value is -1.20. The number of hydrogen-bond donors (Lipinski definition) is 1. The highest BCUT2D eigenvalue weighted by atomic mass is 32.1. The number of nitrogens with one attached hydrogen (secondary N) is 1. The van der Waals surface area contributed by atoms with Gasteiger partial charge in [0.25, 0.3) is 0 Å². The van der Waals surface area contributed by atoms with Gasteiger partial charge >= 0.3 is 0 Å². The first kappa shape index (κ1) is 13.8. The van der Waals surface area contributed by atoms with Gasteiger partial charge in [-0.2, -0.15) is 0 Å². The van der Waals surface area contributed by atoms with Gasteiger partial charge in [0.1, 0.15) is 5.82 Å². The van der Waals surface area contributed by atoms with Crippen LogP contribution in [0.2, 0.25) is 0 Å². The monoisotopic (exact) mass is 293 g/mol. The molecule has 0 aliphatic carbocycles. The number of rotatable bonds is 5. The third-order valence-corrected chi connectivity index (χ3v) is 4.70. The summed E-state index contributed by atoms with van der Waals surface area (Å²) in [6, 6.07) is 4.74. The highest BCUT2D eigenvalue weighted by Crippen LogP contribution is 2.26. The average molecular weight is 293 g/mol. The van der Waals surface area contributed by atoms with Gasteiger partial charge in [0.15, 0.2) is 5.13 Å². The maximum Gasteiger partial charge on any atom is 0.183 e. The molecule has 0 amide bonds. The van der Waals surface area contributed by atoms with Gasteiger partial charge in [0, 0.05) is 13.1 Å². The quantitative estimate of drug-likeness (QED) is 0.913. The van der Waals surface area contributed by atoms with Crippen molar-refractivity contribution in [1.29, 1.82) is 0 Å². The fourth-order valence-electron chi connectivity index (χ4n) is 2.71. The third kappa shape index (κ3) is 3.27. The van der Waals surface area contributed by atoms with Crippen LogP contribution in [0, 0.1) is 11.7 Å². The smallest absolute Gasteiger partial charge is 0.183 e. The second kappa shape index (κ2) is 6.06. The summed E-state index contributed by atoms with van der Waals surface area (Å²) in [6.07, 6.45) is 2.67. The van der Waals surface area contributed by atoms with Crippen molar-refractivity contribution in [3.05, 3.63) is 24.0 Å². The molecule has 1 aromatic heterocycles. The molecule has 108 valence electrons. The van der Waals surface area contributed by atoms with E-state index >= 15 is 0 Å². The summed E-state index contributed by atoms with van der Waals surface area (Å²) in [4.78, 5) is 7.01. The van der Waals surface area contributed by atoms with E-state index in [4.69, 9.17) is 0 Å². The molecule has 1 N–H and O–H groups in total. The first-order valence-electron chi connectivity index (χ1n) is 7.23. The number of aromatic nitrogens is 1. The first-order valence-corrected chi connectivity index (χ1v) is 8.05. The number of benzene rings is 1. The number of halogens is 1. The Morgan fingerprint density at radius 1 is 1.40 bits per heavy atom. The zero-order valence-electron chi connectivity index (χ0n) is 11.7. The van der Waals surface area contributed by atoms with Crippen LogP contribution in [0.4, 0.5) is 9.52 Å². The van der Waals surface area contributed by atoms with Crippen molar-refractivity contribution in [2.24, 2.45) is 5.92 Å². The van der Waals surface area contributed by atoms with Crippen molar-refractivity contribution in [2.75, 3.05) is 31.5 Å². The van der Waals surface area contributed by atoms with E-state index in [1.165, 1.54) is 43.3 Å². The van der Waals surface area contributed by atoms with E-state index in [1.807, 2.05) is 0 Å². The number of likely N-dealkylation sites (tertiary alicyclic amines) is 1. The summed E-state index contributed by atoms with van der Waals surface area (Å²) in [7, 11) is 0. The molecule has 0 spiro atoms. The highest BCUT2D eigenvalue weighted by Gasteiger charge is 2.14.